The lowest BCUT2D eigenvalue weighted by Crippen LogP contribution is -2.35. The van der Waals surface area contributed by atoms with Crippen LogP contribution in [0, 0.1) is 11.7 Å². The number of nitrogens with one attached hydrogen (secondary N) is 3. The summed E-state index contributed by atoms with van der Waals surface area (Å²) in [5.41, 5.74) is 3.03. The number of aryl methyl sites for hydroxylation is 1. The number of rotatable bonds is 8. The van der Waals surface area contributed by atoms with Crippen LogP contribution in [-0.2, 0) is 17.5 Å². The molecule has 10 heteroatoms. The van der Waals surface area contributed by atoms with E-state index in [9.17, 15) is 9.00 Å². The molecule has 1 saturated carbocycles. The van der Waals surface area contributed by atoms with Crippen LogP contribution < -0.4 is 10.0 Å². The molecule has 0 aliphatic heterocycles. The molecular weight excluding hydrogens is 515 g/mol. The maximum Gasteiger partial charge on any atom is 0.270 e. The molecular formula is C29H35FN6O2S. The number of hydrogen-bond acceptors (Lipinski definition) is 4. The average molecular weight is 551 g/mol. The first-order valence-corrected chi connectivity index (χ1v) is 15.2. The second kappa shape index (κ2) is 12.1. The normalized spacial score (nSPS) is 16.4. The number of hydrogen-bond donors (Lipinski definition) is 3. The third-order valence-corrected chi connectivity index (χ3v) is 8.02. The summed E-state index contributed by atoms with van der Waals surface area (Å²) in [4.78, 5) is 21.4. The zero-order chi connectivity index (χ0) is 27.4. The molecule has 206 valence electrons. The van der Waals surface area contributed by atoms with Crippen molar-refractivity contribution in [1.82, 2.24) is 25.1 Å². The minimum Gasteiger partial charge on any atom is -0.340 e. The number of halogens is 1. The molecule has 1 amide bonds. The maximum atomic E-state index is 15.9. The molecule has 1 aliphatic rings. The van der Waals surface area contributed by atoms with Crippen LogP contribution >= 0.6 is 0 Å². The van der Waals surface area contributed by atoms with E-state index in [-0.39, 0.29) is 23.4 Å². The SMILES string of the molecule is CCn1nccc1C(=O)NC(c1nc2c(F)c(-c3cccc(NS(C)=O)c3)ccc2[nH]1)C1CCCCCCC1. The van der Waals surface area contributed by atoms with Crippen LogP contribution in [-0.4, -0.2) is 36.1 Å². The zero-order valence-electron chi connectivity index (χ0n) is 22.4. The van der Waals surface area contributed by atoms with Gasteiger partial charge in [-0.2, -0.15) is 5.10 Å². The van der Waals surface area contributed by atoms with E-state index in [2.05, 4.69) is 20.1 Å². The number of aromatic nitrogens is 4. The number of anilines is 1. The Bertz CT molecular complexity index is 1470. The minimum atomic E-state index is -1.24. The lowest BCUT2D eigenvalue weighted by molar-refractivity contribution is 0.0901. The van der Waals surface area contributed by atoms with Crippen molar-refractivity contribution in [2.45, 2.75) is 64.5 Å². The molecule has 1 fully saturated rings. The number of carbonyl (C=O) groups excluding carboxylic acids is 1. The van der Waals surface area contributed by atoms with Gasteiger partial charge in [0.15, 0.2) is 5.82 Å². The molecule has 2 atom stereocenters. The summed E-state index contributed by atoms with van der Waals surface area (Å²) in [5, 5.41) is 7.47. The first-order valence-electron chi connectivity index (χ1n) is 13.7. The van der Waals surface area contributed by atoms with Gasteiger partial charge in [-0.05, 0) is 61.6 Å². The molecule has 0 bridgehead atoms. The van der Waals surface area contributed by atoms with Crippen molar-refractivity contribution in [3.05, 3.63) is 66.0 Å². The molecule has 3 N–H and O–H groups in total. The van der Waals surface area contributed by atoms with Gasteiger partial charge in [0, 0.05) is 30.2 Å². The Balaban J connectivity index is 1.51. The topological polar surface area (TPSA) is 105 Å². The van der Waals surface area contributed by atoms with Crippen LogP contribution in [0.2, 0.25) is 0 Å². The molecule has 1 aliphatic carbocycles. The number of benzene rings is 2. The molecule has 2 aromatic carbocycles. The second-order valence-corrected chi connectivity index (χ2v) is 11.3. The van der Waals surface area contributed by atoms with Crippen LogP contribution in [0.25, 0.3) is 22.2 Å². The Morgan fingerprint density at radius 3 is 2.67 bits per heavy atom. The Kier molecular flexibility index (Phi) is 8.40. The summed E-state index contributed by atoms with van der Waals surface area (Å²) in [7, 11) is -1.24. The summed E-state index contributed by atoms with van der Waals surface area (Å²) < 4.78 is 32.0. The maximum absolute atomic E-state index is 15.9. The lowest BCUT2D eigenvalue weighted by Gasteiger charge is -2.28. The Labute approximate surface area is 230 Å². The molecule has 2 unspecified atom stereocenters. The van der Waals surface area contributed by atoms with Crippen molar-refractivity contribution in [2.24, 2.45) is 5.92 Å². The van der Waals surface area contributed by atoms with E-state index in [1.807, 2.05) is 19.1 Å². The van der Waals surface area contributed by atoms with Gasteiger partial charge in [-0.25, -0.2) is 13.6 Å². The van der Waals surface area contributed by atoms with E-state index < -0.39 is 16.8 Å². The summed E-state index contributed by atoms with van der Waals surface area (Å²) in [6, 6.07) is 12.1. The van der Waals surface area contributed by atoms with Gasteiger partial charge in [-0.1, -0.05) is 44.2 Å². The van der Waals surface area contributed by atoms with Crippen molar-refractivity contribution in [3.8, 4) is 11.1 Å². The largest absolute Gasteiger partial charge is 0.340 e. The van der Waals surface area contributed by atoms with Gasteiger partial charge in [-0.3, -0.25) is 9.48 Å². The second-order valence-electron chi connectivity index (χ2n) is 10.2. The fourth-order valence-corrected chi connectivity index (χ4v) is 6.03. The van der Waals surface area contributed by atoms with Gasteiger partial charge in [0.1, 0.15) is 28.0 Å². The van der Waals surface area contributed by atoms with E-state index in [1.165, 1.54) is 19.3 Å². The fraction of sp³-hybridized carbons (Fsp3) is 0.414. The Morgan fingerprint density at radius 1 is 1.15 bits per heavy atom. The quantitative estimate of drug-likeness (QED) is 0.246. The van der Waals surface area contributed by atoms with Gasteiger partial charge in [0.2, 0.25) is 0 Å². The highest BCUT2D eigenvalue weighted by Crippen LogP contribution is 2.35. The van der Waals surface area contributed by atoms with Crippen molar-refractivity contribution in [1.29, 1.82) is 0 Å². The highest BCUT2D eigenvalue weighted by atomic mass is 32.2. The van der Waals surface area contributed by atoms with Crippen molar-refractivity contribution in [2.75, 3.05) is 11.0 Å². The third-order valence-electron chi connectivity index (χ3n) is 7.50. The number of amides is 1. The van der Waals surface area contributed by atoms with Crippen LogP contribution in [0.15, 0.2) is 48.7 Å². The third kappa shape index (κ3) is 6.06. The van der Waals surface area contributed by atoms with Crippen LogP contribution in [0.3, 0.4) is 0 Å². The minimum absolute atomic E-state index is 0.188. The van der Waals surface area contributed by atoms with Gasteiger partial charge < -0.3 is 15.0 Å². The van der Waals surface area contributed by atoms with Crippen molar-refractivity contribution < 1.29 is 13.4 Å². The van der Waals surface area contributed by atoms with Crippen LogP contribution in [0.1, 0.15) is 74.2 Å². The molecule has 39 heavy (non-hydrogen) atoms. The van der Waals surface area contributed by atoms with E-state index in [0.717, 1.165) is 25.7 Å². The van der Waals surface area contributed by atoms with Gasteiger partial charge in [0.05, 0.1) is 11.6 Å². The summed E-state index contributed by atoms with van der Waals surface area (Å²) in [6.45, 7) is 2.54. The molecule has 5 rings (SSSR count). The molecule has 0 saturated heterocycles. The summed E-state index contributed by atoms with van der Waals surface area (Å²) >= 11 is 0. The molecule has 0 spiro atoms. The van der Waals surface area contributed by atoms with Crippen LogP contribution in [0.5, 0.6) is 0 Å². The predicted octanol–water partition coefficient (Wildman–Crippen LogP) is 6.12. The zero-order valence-corrected chi connectivity index (χ0v) is 23.2. The standard InChI is InChI=1S/C29H35FN6O2S/c1-3-36-24(16-17-31-36)29(37)34-26(19-10-7-5-4-6-8-11-19)28-32-23-15-14-22(25(30)27(23)33-28)20-12-9-13-21(18-20)35-39(2)38/h9,12-19,26,35H,3-8,10-11H2,1-2H3,(H,32,33)(H,34,37). The lowest BCUT2D eigenvalue weighted by atomic mass is 9.85. The van der Waals surface area contributed by atoms with Gasteiger partial charge in [0.25, 0.3) is 5.91 Å². The number of fused-ring (bicyclic) bond motifs is 1. The van der Waals surface area contributed by atoms with Crippen molar-refractivity contribution in [3.63, 3.8) is 0 Å². The first kappa shape index (κ1) is 27.1. The number of H-pyrrole nitrogens is 1. The van der Waals surface area contributed by atoms with Crippen LogP contribution in [0.4, 0.5) is 10.1 Å². The Hall–Kier alpha value is -3.53. The number of aromatic amines is 1. The van der Waals surface area contributed by atoms with Gasteiger partial charge in [-0.15, -0.1) is 0 Å². The summed E-state index contributed by atoms with van der Waals surface area (Å²) in [6.07, 6.45) is 10.9. The van der Waals surface area contributed by atoms with E-state index in [4.69, 9.17) is 4.98 Å². The average Bonchev–Trinajstić information content (AvgIpc) is 3.55. The molecule has 2 heterocycles. The predicted molar refractivity (Wildman–Crippen MR) is 153 cm³/mol. The monoisotopic (exact) mass is 550 g/mol. The summed E-state index contributed by atoms with van der Waals surface area (Å²) in [5.74, 6) is 0.115. The molecule has 8 nitrogen and oxygen atoms in total. The first-order chi connectivity index (χ1) is 18.9. The van der Waals surface area contributed by atoms with E-state index in [0.29, 0.717) is 40.4 Å². The Morgan fingerprint density at radius 2 is 1.92 bits per heavy atom. The number of carbonyl (C=O) groups is 1. The highest BCUT2D eigenvalue weighted by molar-refractivity contribution is 7.85. The number of nitrogens with zero attached hydrogens (tertiary/aromatic N) is 3. The molecule has 0 radical (unpaired) electrons. The fourth-order valence-electron chi connectivity index (χ4n) is 5.57. The molecule has 4 aromatic rings. The number of imidazole rings is 1. The van der Waals surface area contributed by atoms with Gasteiger partial charge >= 0.3 is 0 Å². The van der Waals surface area contributed by atoms with Crippen molar-refractivity contribution >= 4 is 33.6 Å². The highest BCUT2D eigenvalue weighted by Gasteiger charge is 2.30. The smallest absolute Gasteiger partial charge is 0.270 e. The van der Waals surface area contributed by atoms with E-state index in [1.54, 1.807) is 47.5 Å². The molecule has 2 aromatic heterocycles. The van der Waals surface area contributed by atoms with E-state index >= 15 is 4.39 Å².